The van der Waals surface area contributed by atoms with Crippen LogP contribution in [0.3, 0.4) is 0 Å². The smallest absolute Gasteiger partial charge is 0.191 e. The minimum absolute atomic E-state index is 0. The van der Waals surface area contributed by atoms with Gasteiger partial charge in [-0.2, -0.15) is 0 Å². The van der Waals surface area contributed by atoms with Crippen molar-refractivity contribution in [3.05, 3.63) is 0 Å². The zero-order chi connectivity index (χ0) is 13.2. The second-order valence-electron chi connectivity index (χ2n) is 5.34. The van der Waals surface area contributed by atoms with E-state index in [4.69, 9.17) is 10.5 Å². The molecule has 1 aliphatic carbocycles. The summed E-state index contributed by atoms with van der Waals surface area (Å²) in [5, 5.41) is 0. The van der Waals surface area contributed by atoms with Crippen LogP contribution in [-0.2, 0) is 14.6 Å². The van der Waals surface area contributed by atoms with E-state index in [9.17, 15) is 8.42 Å². The molecule has 0 unspecified atom stereocenters. The number of aliphatic imine (C=N–C) groups is 1. The summed E-state index contributed by atoms with van der Waals surface area (Å²) >= 11 is 0. The first-order valence-electron chi connectivity index (χ1n) is 6.21. The first-order chi connectivity index (χ1) is 8.40. The molecule has 0 spiro atoms. The van der Waals surface area contributed by atoms with Crippen LogP contribution in [0.15, 0.2) is 4.99 Å². The van der Waals surface area contributed by atoms with Gasteiger partial charge in [-0.1, -0.05) is 0 Å². The molecule has 0 radical (unpaired) electrons. The van der Waals surface area contributed by atoms with Crippen LogP contribution in [0.4, 0.5) is 0 Å². The van der Waals surface area contributed by atoms with Gasteiger partial charge in [0.15, 0.2) is 5.96 Å². The van der Waals surface area contributed by atoms with Crippen molar-refractivity contribution in [1.29, 1.82) is 0 Å². The lowest BCUT2D eigenvalue weighted by Crippen LogP contribution is -2.45. The molecule has 0 bridgehead atoms. The Bertz CT molecular complexity index is 428. The molecule has 0 aromatic carbocycles. The maximum absolute atomic E-state index is 11.3. The summed E-state index contributed by atoms with van der Waals surface area (Å²) in [6.45, 7) is 3.38. The van der Waals surface area contributed by atoms with Crippen molar-refractivity contribution in [1.82, 2.24) is 4.90 Å². The number of hydrogen-bond acceptors (Lipinski definition) is 4. The molecule has 1 heterocycles. The van der Waals surface area contributed by atoms with Crippen molar-refractivity contribution in [2.75, 3.05) is 44.9 Å². The Hall–Kier alpha value is -0.0900. The molecule has 0 aromatic heterocycles. The predicted octanol–water partition coefficient (Wildman–Crippen LogP) is 0.0761. The summed E-state index contributed by atoms with van der Waals surface area (Å²) in [5.74, 6) is 0.734. The third kappa shape index (κ3) is 5.42. The van der Waals surface area contributed by atoms with E-state index >= 15 is 0 Å². The fourth-order valence-corrected chi connectivity index (χ4v) is 3.71. The predicted molar refractivity (Wildman–Crippen MR) is 85.7 cm³/mol. The summed E-state index contributed by atoms with van der Waals surface area (Å²) in [4.78, 5) is 6.35. The van der Waals surface area contributed by atoms with Crippen molar-refractivity contribution in [3.8, 4) is 0 Å². The fourth-order valence-electron chi connectivity index (χ4n) is 2.22. The van der Waals surface area contributed by atoms with Gasteiger partial charge in [-0.25, -0.2) is 8.42 Å². The summed E-state index contributed by atoms with van der Waals surface area (Å²) in [6, 6.07) is 0. The second kappa shape index (κ2) is 6.57. The standard InChI is InChI=1S/C11H21N3O3S.HI/c1-18(15,16)9-11(2-3-11)8-13-10(12)14-4-6-17-7-5-14;/h2-9H2,1H3,(H2,12,13);1H. The zero-order valence-electron chi connectivity index (χ0n) is 11.2. The molecule has 2 rings (SSSR count). The van der Waals surface area contributed by atoms with Crippen molar-refractivity contribution in [2.24, 2.45) is 16.1 Å². The summed E-state index contributed by atoms with van der Waals surface area (Å²) < 4.78 is 27.9. The maximum Gasteiger partial charge on any atom is 0.191 e. The van der Waals surface area contributed by atoms with Crippen molar-refractivity contribution in [2.45, 2.75) is 12.8 Å². The molecular weight excluding hydrogens is 381 g/mol. The molecule has 2 N–H and O–H groups in total. The highest BCUT2D eigenvalue weighted by molar-refractivity contribution is 14.0. The molecule has 112 valence electrons. The molecule has 0 atom stereocenters. The second-order valence-corrected chi connectivity index (χ2v) is 7.48. The summed E-state index contributed by atoms with van der Waals surface area (Å²) in [7, 11) is -2.94. The number of guanidine groups is 1. The van der Waals surface area contributed by atoms with Crippen LogP contribution < -0.4 is 5.73 Å². The van der Waals surface area contributed by atoms with Gasteiger partial charge in [0.25, 0.3) is 0 Å². The van der Waals surface area contributed by atoms with E-state index < -0.39 is 9.84 Å². The molecule has 1 aliphatic heterocycles. The van der Waals surface area contributed by atoms with Gasteiger partial charge in [0, 0.05) is 31.3 Å². The largest absolute Gasteiger partial charge is 0.378 e. The highest BCUT2D eigenvalue weighted by Crippen LogP contribution is 2.46. The average Bonchev–Trinajstić information content (AvgIpc) is 3.05. The molecule has 2 aliphatic rings. The van der Waals surface area contributed by atoms with Gasteiger partial charge >= 0.3 is 0 Å². The summed E-state index contributed by atoms with van der Waals surface area (Å²) in [5.41, 5.74) is 5.77. The highest BCUT2D eigenvalue weighted by Gasteiger charge is 2.45. The minimum Gasteiger partial charge on any atom is -0.378 e. The van der Waals surface area contributed by atoms with Crippen molar-refractivity contribution in [3.63, 3.8) is 0 Å². The van der Waals surface area contributed by atoms with Gasteiger partial charge in [0.1, 0.15) is 9.84 Å². The van der Waals surface area contributed by atoms with Crippen LogP contribution in [0.1, 0.15) is 12.8 Å². The Kier molecular flexibility index (Phi) is 5.87. The van der Waals surface area contributed by atoms with Crippen LogP contribution in [0.2, 0.25) is 0 Å². The number of rotatable bonds is 4. The Morgan fingerprint density at radius 3 is 2.42 bits per heavy atom. The van der Waals surface area contributed by atoms with E-state index in [1.807, 2.05) is 4.90 Å². The SMILES string of the molecule is CS(=O)(=O)CC1(CN=C(N)N2CCOCC2)CC1.I. The zero-order valence-corrected chi connectivity index (χ0v) is 14.3. The lowest BCUT2D eigenvalue weighted by atomic mass is 10.1. The van der Waals surface area contributed by atoms with Gasteiger partial charge in [-0.05, 0) is 12.8 Å². The van der Waals surface area contributed by atoms with E-state index in [1.165, 1.54) is 6.26 Å². The number of morpholine rings is 1. The highest BCUT2D eigenvalue weighted by atomic mass is 127. The number of hydrogen-bond donors (Lipinski definition) is 1. The molecule has 2 fully saturated rings. The third-order valence-electron chi connectivity index (χ3n) is 3.44. The van der Waals surface area contributed by atoms with Crippen molar-refractivity contribution < 1.29 is 13.2 Å². The molecule has 8 heteroatoms. The fraction of sp³-hybridized carbons (Fsp3) is 0.909. The number of halogens is 1. The Labute approximate surface area is 131 Å². The van der Waals surface area contributed by atoms with E-state index in [1.54, 1.807) is 0 Å². The van der Waals surface area contributed by atoms with Gasteiger partial charge in [-0.3, -0.25) is 4.99 Å². The van der Waals surface area contributed by atoms with Crippen LogP contribution in [0.5, 0.6) is 0 Å². The van der Waals surface area contributed by atoms with Crippen LogP contribution in [-0.4, -0.2) is 64.1 Å². The first-order valence-corrected chi connectivity index (χ1v) is 8.27. The normalized spacial score (nSPS) is 22.8. The average molecular weight is 403 g/mol. The molecule has 1 saturated heterocycles. The van der Waals surface area contributed by atoms with Crippen molar-refractivity contribution >= 4 is 39.8 Å². The Balaban J connectivity index is 0.00000180. The topological polar surface area (TPSA) is 85.0 Å². The molecule has 0 aromatic rings. The van der Waals surface area contributed by atoms with E-state index in [-0.39, 0.29) is 35.1 Å². The van der Waals surface area contributed by atoms with Crippen LogP contribution >= 0.6 is 24.0 Å². The van der Waals surface area contributed by atoms with Gasteiger partial charge < -0.3 is 15.4 Å². The lowest BCUT2D eigenvalue weighted by Gasteiger charge is -2.27. The lowest BCUT2D eigenvalue weighted by molar-refractivity contribution is 0.0674. The molecular formula is C11H22IN3O3S. The molecule has 6 nitrogen and oxygen atoms in total. The minimum atomic E-state index is -2.94. The molecule has 0 amide bonds. The van der Waals surface area contributed by atoms with Gasteiger partial charge in [0.05, 0.1) is 19.0 Å². The van der Waals surface area contributed by atoms with E-state index in [2.05, 4.69) is 4.99 Å². The number of ether oxygens (including phenoxy) is 1. The van der Waals surface area contributed by atoms with Gasteiger partial charge in [-0.15, -0.1) is 24.0 Å². The van der Waals surface area contributed by atoms with Crippen LogP contribution in [0, 0.1) is 5.41 Å². The van der Waals surface area contributed by atoms with Gasteiger partial charge in [0.2, 0.25) is 0 Å². The Morgan fingerprint density at radius 1 is 1.37 bits per heavy atom. The maximum atomic E-state index is 11.3. The summed E-state index contributed by atoms with van der Waals surface area (Å²) in [6.07, 6.45) is 3.14. The number of sulfone groups is 1. The van der Waals surface area contributed by atoms with E-state index in [0.29, 0.717) is 25.7 Å². The van der Waals surface area contributed by atoms with E-state index in [0.717, 1.165) is 25.9 Å². The Morgan fingerprint density at radius 2 is 1.95 bits per heavy atom. The molecule has 19 heavy (non-hydrogen) atoms. The first kappa shape index (κ1) is 17.0. The third-order valence-corrected chi connectivity index (χ3v) is 4.57. The number of nitrogens with two attached hydrogens (primary N) is 1. The monoisotopic (exact) mass is 403 g/mol. The van der Waals surface area contributed by atoms with Crippen LogP contribution in [0.25, 0.3) is 0 Å². The molecule has 1 saturated carbocycles. The number of nitrogens with zero attached hydrogens (tertiary/aromatic N) is 2. The quantitative estimate of drug-likeness (QED) is 0.408.